The molecule has 1 atom stereocenters. The molecule has 3 aromatic rings. The van der Waals surface area contributed by atoms with Gasteiger partial charge in [-0.15, -0.1) is 0 Å². The number of nitrogens with one attached hydrogen (secondary N) is 2. The lowest BCUT2D eigenvalue weighted by atomic mass is 9.95. The van der Waals surface area contributed by atoms with Crippen molar-refractivity contribution in [3.8, 4) is 0 Å². The molecule has 136 valence electrons. The Morgan fingerprint density at radius 2 is 1.81 bits per heavy atom. The SMILES string of the molecule is CC1=C(C(=O)Nc2ccccc2)[C@H](c2ccc(Br)cc2)n2nc(C)cc2N1. The highest BCUT2D eigenvalue weighted by Gasteiger charge is 2.33. The minimum absolute atomic E-state index is 0.141. The second-order valence-electron chi connectivity index (χ2n) is 6.55. The van der Waals surface area contributed by atoms with E-state index >= 15 is 0 Å². The van der Waals surface area contributed by atoms with Gasteiger partial charge in [-0.3, -0.25) is 4.79 Å². The van der Waals surface area contributed by atoms with E-state index in [1.54, 1.807) is 0 Å². The minimum atomic E-state index is -0.299. The second-order valence-corrected chi connectivity index (χ2v) is 7.47. The number of rotatable bonds is 3. The molecule has 27 heavy (non-hydrogen) atoms. The molecule has 1 amide bonds. The molecule has 0 spiro atoms. The van der Waals surface area contributed by atoms with E-state index in [4.69, 9.17) is 0 Å². The summed E-state index contributed by atoms with van der Waals surface area (Å²) in [6, 6.07) is 19.2. The highest BCUT2D eigenvalue weighted by molar-refractivity contribution is 9.10. The Balaban J connectivity index is 1.79. The fraction of sp³-hybridized carbons (Fsp3) is 0.143. The number of aromatic nitrogens is 2. The van der Waals surface area contributed by atoms with Gasteiger partial charge in [0.25, 0.3) is 5.91 Å². The Kier molecular flexibility index (Phi) is 4.58. The van der Waals surface area contributed by atoms with E-state index in [2.05, 4.69) is 31.7 Å². The van der Waals surface area contributed by atoms with Crippen molar-refractivity contribution in [3.05, 3.63) is 87.7 Å². The number of hydrogen-bond donors (Lipinski definition) is 2. The first kappa shape index (κ1) is 17.5. The number of benzene rings is 2. The molecule has 4 rings (SSSR count). The molecule has 2 aromatic carbocycles. The van der Waals surface area contributed by atoms with Crippen molar-refractivity contribution < 1.29 is 4.79 Å². The van der Waals surface area contributed by atoms with Crippen LogP contribution in [0, 0.1) is 6.92 Å². The van der Waals surface area contributed by atoms with Crippen LogP contribution in [-0.2, 0) is 4.79 Å². The summed E-state index contributed by atoms with van der Waals surface area (Å²) >= 11 is 3.48. The maximum Gasteiger partial charge on any atom is 0.255 e. The predicted octanol–water partition coefficient (Wildman–Crippen LogP) is 4.88. The number of allylic oxidation sites excluding steroid dienone is 1. The standard InChI is InChI=1S/C21H19BrN4O/c1-13-12-18-23-14(2)19(21(27)24-17-6-4-3-5-7-17)20(26(18)25-13)15-8-10-16(22)11-9-15/h3-12,20,23H,1-2H3,(H,24,27)/t20-/m0/s1. The molecule has 0 bridgehead atoms. The highest BCUT2D eigenvalue weighted by Crippen LogP contribution is 2.37. The molecule has 2 heterocycles. The summed E-state index contributed by atoms with van der Waals surface area (Å²) in [4.78, 5) is 13.2. The van der Waals surface area contributed by atoms with Crippen LogP contribution in [0.4, 0.5) is 11.5 Å². The number of carbonyl (C=O) groups is 1. The Hall–Kier alpha value is -2.86. The molecule has 1 aliphatic heterocycles. The minimum Gasteiger partial charge on any atom is -0.344 e. The van der Waals surface area contributed by atoms with E-state index in [-0.39, 0.29) is 11.9 Å². The summed E-state index contributed by atoms with van der Waals surface area (Å²) in [5.41, 5.74) is 4.14. The van der Waals surface area contributed by atoms with Crippen LogP contribution in [0.15, 0.2) is 76.4 Å². The normalized spacial score (nSPS) is 15.9. The average molecular weight is 423 g/mol. The molecule has 1 aliphatic rings. The summed E-state index contributed by atoms with van der Waals surface area (Å²) in [5.74, 6) is 0.743. The number of para-hydroxylation sites is 1. The van der Waals surface area contributed by atoms with Gasteiger partial charge in [0.15, 0.2) is 0 Å². The van der Waals surface area contributed by atoms with Crippen molar-refractivity contribution in [1.82, 2.24) is 9.78 Å². The first-order valence-electron chi connectivity index (χ1n) is 8.69. The lowest BCUT2D eigenvalue weighted by Gasteiger charge is -2.29. The zero-order valence-corrected chi connectivity index (χ0v) is 16.6. The molecule has 6 heteroatoms. The zero-order valence-electron chi connectivity index (χ0n) is 15.0. The van der Waals surface area contributed by atoms with Gasteiger partial charge >= 0.3 is 0 Å². The Morgan fingerprint density at radius 1 is 1.11 bits per heavy atom. The molecule has 0 fully saturated rings. The number of halogens is 1. The first-order valence-corrected chi connectivity index (χ1v) is 9.48. The number of aryl methyl sites for hydroxylation is 1. The van der Waals surface area contributed by atoms with Crippen molar-refractivity contribution in [1.29, 1.82) is 0 Å². The van der Waals surface area contributed by atoms with Gasteiger partial charge in [-0.25, -0.2) is 4.68 Å². The van der Waals surface area contributed by atoms with Crippen molar-refractivity contribution in [2.24, 2.45) is 0 Å². The van der Waals surface area contributed by atoms with Gasteiger partial charge in [-0.05, 0) is 43.7 Å². The Labute approximate surface area is 166 Å². The smallest absolute Gasteiger partial charge is 0.255 e. The summed E-state index contributed by atoms with van der Waals surface area (Å²) in [6.07, 6.45) is 0. The second kappa shape index (κ2) is 7.04. The predicted molar refractivity (Wildman–Crippen MR) is 111 cm³/mol. The number of nitrogens with zero attached hydrogens (tertiary/aromatic N) is 2. The van der Waals surface area contributed by atoms with E-state index in [0.29, 0.717) is 5.57 Å². The maximum atomic E-state index is 13.2. The molecule has 1 aromatic heterocycles. The number of amides is 1. The van der Waals surface area contributed by atoms with Crippen molar-refractivity contribution >= 4 is 33.3 Å². The van der Waals surface area contributed by atoms with Gasteiger partial charge in [0.1, 0.15) is 11.9 Å². The Bertz CT molecular complexity index is 1020. The van der Waals surface area contributed by atoms with Gasteiger partial charge in [0, 0.05) is 21.9 Å². The van der Waals surface area contributed by atoms with Crippen LogP contribution in [0.3, 0.4) is 0 Å². The third-order valence-electron chi connectivity index (χ3n) is 4.56. The van der Waals surface area contributed by atoms with Crippen LogP contribution in [0.5, 0.6) is 0 Å². The molecule has 5 nitrogen and oxygen atoms in total. The van der Waals surface area contributed by atoms with Crippen LogP contribution in [0.2, 0.25) is 0 Å². The molecule has 2 N–H and O–H groups in total. The Morgan fingerprint density at radius 3 is 2.52 bits per heavy atom. The van der Waals surface area contributed by atoms with E-state index in [9.17, 15) is 4.79 Å². The molecule has 0 radical (unpaired) electrons. The quantitative estimate of drug-likeness (QED) is 0.631. The van der Waals surface area contributed by atoms with Crippen LogP contribution in [0.25, 0.3) is 0 Å². The van der Waals surface area contributed by atoms with Crippen molar-refractivity contribution in [3.63, 3.8) is 0 Å². The van der Waals surface area contributed by atoms with Crippen LogP contribution < -0.4 is 10.6 Å². The largest absolute Gasteiger partial charge is 0.344 e. The highest BCUT2D eigenvalue weighted by atomic mass is 79.9. The third kappa shape index (κ3) is 3.40. The average Bonchev–Trinajstić information content (AvgIpc) is 3.01. The van der Waals surface area contributed by atoms with Gasteiger partial charge in [0.05, 0.1) is 11.3 Å². The van der Waals surface area contributed by atoms with Crippen molar-refractivity contribution in [2.75, 3.05) is 10.6 Å². The summed E-state index contributed by atoms with van der Waals surface area (Å²) in [5, 5.41) is 11.0. The third-order valence-corrected chi connectivity index (χ3v) is 5.09. The molecule has 0 saturated carbocycles. The molecule has 0 aliphatic carbocycles. The lowest BCUT2D eigenvalue weighted by Crippen LogP contribution is -2.31. The van der Waals surface area contributed by atoms with Crippen LogP contribution in [0.1, 0.15) is 24.2 Å². The van der Waals surface area contributed by atoms with E-state index in [1.165, 1.54) is 0 Å². The monoisotopic (exact) mass is 422 g/mol. The fourth-order valence-corrected chi connectivity index (χ4v) is 3.63. The van der Waals surface area contributed by atoms with E-state index in [1.807, 2.05) is 79.2 Å². The first-order chi connectivity index (χ1) is 13.0. The number of hydrogen-bond acceptors (Lipinski definition) is 3. The maximum absolute atomic E-state index is 13.2. The van der Waals surface area contributed by atoms with Crippen LogP contribution in [-0.4, -0.2) is 15.7 Å². The molecule has 0 unspecified atom stereocenters. The summed E-state index contributed by atoms with van der Waals surface area (Å²) < 4.78 is 2.87. The van der Waals surface area contributed by atoms with E-state index in [0.717, 1.165) is 32.9 Å². The van der Waals surface area contributed by atoms with Crippen LogP contribution >= 0.6 is 15.9 Å². The lowest BCUT2D eigenvalue weighted by molar-refractivity contribution is -0.113. The van der Waals surface area contributed by atoms with Gasteiger partial charge < -0.3 is 10.6 Å². The van der Waals surface area contributed by atoms with Gasteiger partial charge in [-0.2, -0.15) is 5.10 Å². The van der Waals surface area contributed by atoms with Gasteiger partial charge in [-0.1, -0.05) is 46.3 Å². The zero-order chi connectivity index (χ0) is 19.0. The number of anilines is 2. The summed E-state index contributed by atoms with van der Waals surface area (Å²) in [6.45, 7) is 3.88. The molecule has 0 saturated heterocycles. The molecular formula is C21H19BrN4O. The summed E-state index contributed by atoms with van der Waals surface area (Å²) in [7, 11) is 0. The van der Waals surface area contributed by atoms with Gasteiger partial charge in [0.2, 0.25) is 0 Å². The number of carbonyl (C=O) groups excluding carboxylic acids is 1. The topological polar surface area (TPSA) is 59.0 Å². The molecular weight excluding hydrogens is 404 g/mol. The van der Waals surface area contributed by atoms with E-state index < -0.39 is 0 Å². The fourth-order valence-electron chi connectivity index (χ4n) is 3.36. The number of fused-ring (bicyclic) bond motifs is 1. The van der Waals surface area contributed by atoms with Crippen molar-refractivity contribution in [2.45, 2.75) is 19.9 Å².